The smallest absolute Gasteiger partial charge is 0.757 e. The Morgan fingerprint density at radius 3 is 1.20 bits per heavy atom. The van der Waals surface area contributed by atoms with E-state index in [2.05, 4.69) is 9.35 Å². The number of hydrogen-bond acceptors (Lipinski definition) is 6. The van der Waals surface area contributed by atoms with Crippen LogP contribution in [0.2, 0.25) is 0 Å². The van der Waals surface area contributed by atoms with E-state index in [1.807, 2.05) is 0 Å². The first-order chi connectivity index (χ1) is 3.12. The normalized spacial score (nSPS) is 8.30. The monoisotopic (exact) mass is 196 g/mol. The molecule has 0 amide bonds. The van der Waals surface area contributed by atoms with Gasteiger partial charge in [-0.05, 0) is 0 Å². The van der Waals surface area contributed by atoms with Crippen molar-refractivity contribution in [3.63, 3.8) is 0 Å². The minimum atomic E-state index is -5.02. The summed E-state index contributed by atoms with van der Waals surface area (Å²) in [6.07, 6.45) is 0. The first-order valence-electron chi connectivity index (χ1n) is 1.06. The predicted octanol–water partition coefficient (Wildman–Crippen LogP) is -11.9. The van der Waals surface area contributed by atoms with Crippen molar-refractivity contribution in [1.82, 2.24) is 0 Å². The molecule has 10 heteroatoms. The maximum Gasteiger partial charge on any atom is 1.00 e. The van der Waals surface area contributed by atoms with Gasteiger partial charge >= 0.3 is 88.7 Å². The van der Waals surface area contributed by atoms with Gasteiger partial charge in [-0.1, -0.05) is 0 Å². The molecule has 0 spiro atoms. The Kier molecular flexibility index (Phi) is 27.8. The van der Waals surface area contributed by atoms with Crippen LogP contribution in [0.4, 0.5) is 0 Å². The molecule has 0 N–H and O–H groups in total. The first kappa shape index (κ1) is 23.1. The van der Waals surface area contributed by atoms with E-state index in [1.54, 1.807) is 0 Å². The van der Waals surface area contributed by atoms with Gasteiger partial charge in [0, 0.05) is 0 Å². The zero-order chi connectivity index (χ0) is 5.91. The Labute approximate surface area is 124 Å². The molecule has 0 rings (SSSR count). The molecule has 44 valence electrons. The quantitative estimate of drug-likeness (QED) is 0.188. The topological polar surface area (TPSA) is 105 Å². The van der Waals surface area contributed by atoms with E-state index in [1.165, 1.54) is 0 Å². The molecular weight excluding hydrogens is 196 g/mol. The Bertz CT molecular complexity index is 85.0. The van der Waals surface area contributed by atoms with E-state index in [-0.39, 0.29) is 88.7 Å². The van der Waals surface area contributed by atoms with Gasteiger partial charge in [-0.2, -0.15) is 0 Å². The van der Waals surface area contributed by atoms with Gasteiger partial charge in [0.05, 0.1) is 0 Å². The summed E-state index contributed by atoms with van der Waals surface area (Å²) < 4.78 is 13.9. The fraction of sp³-hybridized carbons (Fsp3) is 0. The van der Waals surface area contributed by atoms with Gasteiger partial charge in [0.1, 0.15) is 0 Å². The predicted molar refractivity (Wildman–Crippen MR) is 9.78 cm³/mol. The second-order valence-electron chi connectivity index (χ2n) is 0.596. The van der Waals surface area contributed by atoms with Crippen LogP contribution in [0.1, 0.15) is 0 Å². The molecule has 0 aromatic carbocycles. The average molecular weight is 196 g/mol. The van der Waals surface area contributed by atoms with Gasteiger partial charge < -0.3 is 24.8 Å². The molecule has 0 aliphatic heterocycles. The third-order valence-corrected chi connectivity index (χ3v) is 0.548. The number of rotatable bonds is 2. The molecule has 0 saturated heterocycles. The molecule has 0 bridgehead atoms. The van der Waals surface area contributed by atoms with Crippen molar-refractivity contribution in [1.29, 1.82) is 0 Å². The van der Waals surface area contributed by atoms with E-state index < -0.39 is 7.82 Å². The summed E-state index contributed by atoms with van der Waals surface area (Å²) in [5, 5.41) is 17.6. The van der Waals surface area contributed by atoms with Crippen LogP contribution in [0.5, 0.6) is 0 Å². The summed E-state index contributed by atoms with van der Waals surface area (Å²) >= 11 is 0. The van der Waals surface area contributed by atoms with Crippen LogP contribution in [-0.4, -0.2) is 0 Å². The van der Waals surface area contributed by atoms with E-state index in [9.17, 15) is 9.46 Å². The van der Waals surface area contributed by atoms with Crippen molar-refractivity contribution in [2.75, 3.05) is 0 Å². The maximum atomic E-state index is 9.33. The van der Waals surface area contributed by atoms with Gasteiger partial charge in [0.25, 0.3) is 0 Å². The number of phosphoric acid groups is 1. The van der Waals surface area contributed by atoms with Gasteiger partial charge in [0.2, 0.25) is 7.82 Å². The number of hydrogen-bond donors (Lipinski definition) is 0. The van der Waals surface area contributed by atoms with Gasteiger partial charge in [-0.15, -0.1) is 0 Å². The summed E-state index contributed by atoms with van der Waals surface area (Å²) in [4.78, 5) is 9.33. The maximum absolute atomic E-state index is 9.33. The molecule has 0 radical (unpaired) electrons. The molecule has 0 aliphatic rings. The second-order valence-corrected chi connectivity index (χ2v) is 1.79. The van der Waals surface area contributed by atoms with Crippen LogP contribution >= 0.6 is 7.82 Å². The van der Waals surface area contributed by atoms with Gasteiger partial charge in [-0.3, -0.25) is 4.57 Å². The molecule has 0 aromatic rings. The van der Waals surface area contributed by atoms with Crippen LogP contribution in [0, 0.1) is 0 Å². The minimum absolute atomic E-state index is 0. The minimum Gasteiger partial charge on any atom is -0.757 e. The van der Waals surface area contributed by atoms with E-state index in [0.717, 1.165) is 0 Å². The standard InChI is InChI=1S/3Na.H3O6P/c;;;1-5-7(3,4)6-2/h;;;1-2H,(H,3,4)/q3*+1;/p-3. The van der Waals surface area contributed by atoms with Crippen LogP contribution in [-0.2, 0) is 13.9 Å². The van der Waals surface area contributed by atoms with Crippen LogP contribution in [0.3, 0.4) is 0 Å². The van der Waals surface area contributed by atoms with Crippen molar-refractivity contribution < 1.29 is 118 Å². The summed E-state index contributed by atoms with van der Waals surface area (Å²) in [5.74, 6) is 0. The van der Waals surface area contributed by atoms with Gasteiger partial charge in [-0.25, -0.2) is 0 Å². The van der Waals surface area contributed by atoms with E-state index in [0.29, 0.717) is 0 Å². The summed E-state index contributed by atoms with van der Waals surface area (Å²) in [6.45, 7) is 0. The summed E-state index contributed by atoms with van der Waals surface area (Å²) in [6, 6.07) is 0. The van der Waals surface area contributed by atoms with Crippen molar-refractivity contribution in [2.24, 2.45) is 0 Å². The largest absolute Gasteiger partial charge is 1.00 e. The summed E-state index contributed by atoms with van der Waals surface area (Å²) in [7, 11) is -5.02. The van der Waals surface area contributed by atoms with E-state index in [4.69, 9.17) is 10.5 Å². The molecule has 6 nitrogen and oxygen atoms in total. The molecule has 10 heavy (non-hydrogen) atoms. The second kappa shape index (κ2) is 12.0. The Morgan fingerprint density at radius 1 is 1.00 bits per heavy atom. The Balaban J connectivity index is -0.0000000600. The molecule has 0 atom stereocenters. The van der Waals surface area contributed by atoms with Crippen LogP contribution in [0.15, 0.2) is 0 Å². The molecule has 0 unspecified atom stereocenters. The Hall–Kier alpha value is 3.03. The third-order valence-electron chi connectivity index (χ3n) is 0.183. The zero-order valence-electron chi connectivity index (χ0n) is 5.90. The molecule has 0 saturated carbocycles. The fourth-order valence-electron chi connectivity index (χ4n) is 0.0124. The third kappa shape index (κ3) is 13.6. The van der Waals surface area contributed by atoms with Crippen molar-refractivity contribution in [2.45, 2.75) is 0 Å². The molecule has 0 heterocycles. The van der Waals surface area contributed by atoms with Crippen LogP contribution in [0.25, 0.3) is 0 Å². The van der Waals surface area contributed by atoms with Crippen molar-refractivity contribution in [3.8, 4) is 0 Å². The van der Waals surface area contributed by atoms with Crippen molar-refractivity contribution in [3.05, 3.63) is 0 Å². The average Bonchev–Trinajstić information content (AvgIpc) is 1.68. The Morgan fingerprint density at radius 2 is 1.20 bits per heavy atom. The molecule has 0 aliphatic carbocycles. The fourth-order valence-corrected chi connectivity index (χ4v) is 0.0373. The van der Waals surface area contributed by atoms with Crippen LogP contribution < -0.4 is 104 Å². The van der Waals surface area contributed by atoms with E-state index >= 15 is 0 Å². The molecule has 0 fully saturated rings. The summed E-state index contributed by atoms with van der Waals surface area (Å²) in [5.41, 5.74) is 0. The zero-order valence-corrected chi connectivity index (χ0v) is 12.8. The first-order valence-corrected chi connectivity index (χ1v) is 2.52. The SMILES string of the molecule is O=P([O-])(O[O-])O[O-].[Na+].[Na+].[Na+]. The van der Waals surface area contributed by atoms with Crippen molar-refractivity contribution >= 4 is 7.82 Å². The molecular formula is Na3O6P. The molecule has 0 aromatic heterocycles. The van der Waals surface area contributed by atoms with Gasteiger partial charge in [0.15, 0.2) is 0 Å².